The molecule has 0 aliphatic rings. The van der Waals surface area contributed by atoms with Crippen molar-refractivity contribution in [3.63, 3.8) is 0 Å². The van der Waals surface area contributed by atoms with Crippen LogP contribution in [0.2, 0.25) is 0 Å². The minimum atomic E-state index is -7.53. The van der Waals surface area contributed by atoms with Crippen LogP contribution in [-0.4, -0.2) is 39.4 Å². The third-order valence-corrected chi connectivity index (χ3v) is 15.0. The Morgan fingerprint density at radius 3 is 1.09 bits per heavy atom. The molecule has 196 valence electrons. The van der Waals surface area contributed by atoms with Gasteiger partial charge in [0, 0.05) is 0 Å². The first-order chi connectivity index (χ1) is 16.1. The molecule has 0 aromatic heterocycles. The summed E-state index contributed by atoms with van der Waals surface area (Å²) in [5.74, 6) is 0. The van der Waals surface area contributed by atoms with E-state index in [4.69, 9.17) is 6.15 Å². The van der Waals surface area contributed by atoms with Crippen LogP contribution in [0.4, 0.5) is 43.9 Å². The molecule has 0 amide bonds. The molecule has 0 heterocycles. The van der Waals surface area contributed by atoms with Gasteiger partial charge in [-0.15, -0.1) is 0 Å². The Hall–Kier alpha value is -1.54. The number of rotatable bonds is 12. The number of hydrogen-bond donors (Lipinski definition) is 0. The Morgan fingerprint density at radius 1 is 0.486 bits per heavy atom. The second-order valence-corrected chi connectivity index (χ2v) is 17.1. The molecule has 0 bridgehead atoms. The van der Waals surface area contributed by atoms with Crippen LogP contribution < -0.4 is 0 Å². The van der Waals surface area contributed by atoms with Gasteiger partial charge in [0.25, 0.3) is 0 Å². The van der Waals surface area contributed by atoms with E-state index in [0.717, 1.165) is 0 Å². The van der Waals surface area contributed by atoms with Crippen LogP contribution in [0.15, 0.2) is 60.7 Å². The predicted octanol–water partition coefficient (Wildman–Crippen LogP) is 7.90. The average molecular weight is 627 g/mol. The third-order valence-electron chi connectivity index (χ3n) is 4.98. The Kier molecular flexibility index (Phi) is 9.90. The Bertz CT molecular complexity index is 826. The van der Waals surface area contributed by atoms with Gasteiger partial charge < -0.3 is 0 Å². The van der Waals surface area contributed by atoms with Crippen molar-refractivity contribution in [2.45, 2.75) is 59.1 Å². The first-order valence-electron chi connectivity index (χ1n) is 10.3. The van der Waals surface area contributed by atoms with Crippen molar-refractivity contribution in [3.05, 3.63) is 71.8 Å². The van der Waals surface area contributed by atoms with Crippen LogP contribution in [0.25, 0.3) is 0 Å². The van der Waals surface area contributed by atoms with Crippen LogP contribution in [-0.2, 0) is 19.4 Å². The molecule has 13 heteroatoms. The monoisotopic (exact) mass is 628 g/mol. The minimum absolute atomic E-state index is 0.120. The van der Waals surface area contributed by atoms with E-state index in [1.54, 1.807) is 0 Å². The Labute approximate surface area is 200 Å². The Morgan fingerprint density at radius 2 is 0.800 bits per heavy atom. The third kappa shape index (κ3) is 8.81. The van der Waals surface area contributed by atoms with E-state index in [9.17, 15) is 26.3 Å². The van der Waals surface area contributed by atoms with Crippen molar-refractivity contribution >= 4 is 19.2 Å². The quantitative estimate of drug-likeness (QED) is 0.176. The van der Waals surface area contributed by atoms with Crippen LogP contribution in [0.5, 0.6) is 0 Å². The van der Waals surface area contributed by atoms with Crippen LogP contribution in [0.1, 0.15) is 36.8 Å². The van der Waals surface area contributed by atoms with E-state index < -0.39 is 78.3 Å². The van der Waals surface area contributed by atoms with Gasteiger partial charge >= 0.3 is 200 Å². The summed E-state index contributed by atoms with van der Waals surface area (Å²) < 4.78 is 138. The summed E-state index contributed by atoms with van der Waals surface area (Å²) in [6, 6.07) is 14.1. The Balaban J connectivity index is 2.53. The van der Waals surface area contributed by atoms with Gasteiger partial charge in [0.1, 0.15) is 0 Å². The van der Waals surface area contributed by atoms with Gasteiger partial charge in [-0.25, -0.2) is 0 Å². The molecule has 0 saturated heterocycles. The molecule has 0 aliphatic heterocycles. The molecule has 0 unspecified atom stereocenters. The van der Waals surface area contributed by atoms with E-state index >= 15 is 17.6 Å². The molecule has 35 heavy (non-hydrogen) atoms. The predicted molar refractivity (Wildman–Crippen MR) is 109 cm³/mol. The summed E-state index contributed by atoms with van der Waals surface area (Å²) in [4.78, 5) is 0. The van der Waals surface area contributed by atoms with E-state index in [1.165, 1.54) is 60.7 Å². The molecule has 0 spiro atoms. The standard InChI is InChI=1S/2C7H7O.2C4H4F5.Sn/c2*8-6-7-4-2-1-3-5-7;2*5-3(6)1-2-4(7,8)9;/h2*1-5H,6H2;2*1-2H2;/q2*-1;;;+2. The molecule has 2 aromatic rings. The maximum absolute atomic E-state index is 15.4. The van der Waals surface area contributed by atoms with Crippen molar-refractivity contribution in [2.75, 3.05) is 0 Å². The molecular weight excluding hydrogens is 605 g/mol. The zero-order valence-electron chi connectivity index (χ0n) is 18.1. The van der Waals surface area contributed by atoms with Crippen molar-refractivity contribution in [1.29, 1.82) is 0 Å². The van der Waals surface area contributed by atoms with Gasteiger partial charge in [-0.2, -0.15) is 0 Å². The SMILES string of the molecule is FC(F)(F)CC[C](F)(F)[Sn]([O]Cc1ccccc1)([O]Cc1ccccc1)[C](F)(F)CCC(F)(F)F. The second kappa shape index (κ2) is 11.7. The summed E-state index contributed by atoms with van der Waals surface area (Å²) in [5.41, 5.74) is 0.241. The number of halogens is 10. The fraction of sp³-hybridized carbons (Fsp3) is 0.455. The first kappa shape index (κ1) is 29.7. The number of alkyl halides is 10. The second-order valence-electron chi connectivity index (χ2n) is 7.80. The van der Waals surface area contributed by atoms with E-state index in [-0.39, 0.29) is 11.1 Å². The molecule has 0 saturated carbocycles. The maximum atomic E-state index is 15.4. The summed E-state index contributed by atoms with van der Waals surface area (Å²) in [7, 11) is 0. The average Bonchev–Trinajstić information content (AvgIpc) is 2.77. The van der Waals surface area contributed by atoms with Crippen LogP contribution in [0.3, 0.4) is 0 Å². The summed E-state index contributed by atoms with van der Waals surface area (Å²) in [5, 5.41) is 0. The van der Waals surface area contributed by atoms with Gasteiger partial charge in [-0.3, -0.25) is 0 Å². The molecular formula is C22H22F10O2Sn. The topological polar surface area (TPSA) is 18.5 Å². The van der Waals surface area contributed by atoms with Gasteiger partial charge in [0.15, 0.2) is 0 Å². The summed E-state index contributed by atoms with van der Waals surface area (Å²) in [6.07, 6.45) is -18.7. The molecule has 2 aromatic carbocycles. The number of benzene rings is 2. The molecule has 2 nitrogen and oxygen atoms in total. The molecule has 0 fully saturated rings. The molecule has 0 atom stereocenters. The number of hydrogen-bond acceptors (Lipinski definition) is 2. The van der Waals surface area contributed by atoms with Gasteiger partial charge in [0.05, 0.1) is 0 Å². The molecule has 0 N–H and O–H groups in total. The first-order valence-corrected chi connectivity index (χ1v) is 15.5. The molecule has 0 aliphatic carbocycles. The van der Waals surface area contributed by atoms with Gasteiger partial charge in [0.2, 0.25) is 0 Å². The molecule has 2 rings (SSSR count). The molecule has 0 radical (unpaired) electrons. The van der Waals surface area contributed by atoms with Crippen molar-refractivity contribution < 1.29 is 50.1 Å². The van der Waals surface area contributed by atoms with E-state index in [1.807, 2.05) is 0 Å². The van der Waals surface area contributed by atoms with Crippen molar-refractivity contribution in [1.82, 2.24) is 0 Å². The van der Waals surface area contributed by atoms with E-state index in [0.29, 0.717) is 0 Å². The van der Waals surface area contributed by atoms with Crippen molar-refractivity contribution in [2.24, 2.45) is 0 Å². The van der Waals surface area contributed by atoms with Crippen molar-refractivity contribution in [3.8, 4) is 0 Å². The fourth-order valence-electron chi connectivity index (χ4n) is 3.18. The normalized spacial score (nSPS) is 13.8. The van der Waals surface area contributed by atoms with Gasteiger partial charge in [-0.05, 0) is 0 Å². The zero-order valence-corrected chi connectivity index (χ0v) is 21.0. The summed E-state index contributed by atoms with van der Waals surface area (Å²) >= 11 is -7.53. The van der Waals surface area contributed by atoms with Crippen LogP contribution in [0, 0.1) is 0 Å². The van der Waals surface area contributed by atoms with E-state index in [2.05, 4.69) is 0 Å². The summed E-state index contributed by atoms with van der Waals surface area (Å²) in [6.45, 7) is -1.79. The zero-order chi connectivity index (χ0) is 26.4. The van der Waals surface area contributed by atoms with Gasteiger partial charge in [-0.1, -0.05) is 0 Å². The van der Waals surface area contributed by atoms with Crippen LogP contribution >= 0.6 is 0 Å². The fourth-order valence-corrected chi connectivity index (χ4v) is 12.1.